The van der Waals surface area contributed by atoms with E-state index in [1.54, 1.807) is 0 Å². The Kier molecular flexibility index (Phi) is 3.64. The quantitative estimate of drug-likeness (QED) is 0.505. The number of alkyl halides is 4. The Labute approximate surface area is 155 Å². The minimum Gasteiger partial charge on any atom is -0.298 e. The van der Waals surface area contributed by atoms with Crippen molar-refractivity contribution in [1.29, 1.82) is 0 Å². The van der Waals surface area contributed by atoms with Crippen molar-refractivity contribution >= 4 is 87.2 Å². The fraction of sp³-hybridized carbons (Fsp3) is 0.583. The number of allylic oxidation sites excluding steroid dienone is 2. The monoisotopic (exact) mass is 423 g/mol. The van der Waals surface area contributed by atoms with Gasteiger partial charge in [-0.05, 0) is 6.92 Å². The van der Waals surface area contributed by atoms with E-state index in [1.807, 2.05) is 0 Å². The minimum absolute atomic E-state index is 0.150. The van der Waals surface area contributed by atoms with E-state index in [9.17, 15) is 14.4 Å². The van der Waals surface area contributed by atoms with Crippen LogP contribution in [0.3, 0.4) is 0 Å². The van der Waals surface area contributed by atoms with Gasteiger partial charge in [0.1, 0.15) is 15.5 Å². The van der Waals surface area contributed by atoms with E-state index in [-0.39, 0.29) is 22.4 Å². The standard InChI is InChI=1S/C12H7Cl6NO3/c1-3(20)2-19-8(21)4-5(9(19)22)11(16)7(14)6(13)10(4,15)12(11,17)18/h4-5H,2H2,1H3/t4-,5+,10-,11-/m1/s1. The van der Waals surface area contributed by atoms with E-state index < -0.39 is 37.7 Å². The zero-order valence-corrected chi connectivity index (χ0v) is 15.3. The topological polar surface area (TPSA) is 54.5 Å². The average molecular weight is 426 g/mol. The normalized spacial score (nSPS) is 42.4. The van der Waals surface area contributed by atoms with Crippen LogP contribution in [-0.4, -0.2) is 43.1 Å². The summed E-state index contributed by atoms with van der Waals surface area (Å²) in [5.41, 5.74) is 0. The van der Waals surface area contributed by atoms with E-state index in [2.05, 4.69) is 0 Å². The molecule has 0 radical (unpaired) electrons. The lowest BCUT2D eigenvalue weighted by Gasteiger charge is -2.34. The number of halogens is 6. The van der Waals surface area contributed by atoms with Gasteiger partial charge in [0.25, 0.3) is 0 Å². The molecule has 3 aliphatic rings. The van der Waals surface area contributed by atoms with Gasteiger partial charge in [-0.3, -0.25) is 19.3 Å². The molecule has 0 aromatic carbocycles. The van der Waals surface area contributed by atoms with Gasteiger partial charge < -0.3 is 0 Å². The molecule has 120 valence electrons. The van der Waals surface area contributed by atoms with E-state index in [4.69, 9.17) is 69.6 Å². The molecule has 1 saturated heterocycles. The van der Waals surface area contributed by atoms with Gasteiger partial charge in [-0.1, -0.05) is 46.4 Å². The highest BCUT2D eigenvalue weighted by Gasteiger charge is 2.87. The molecule has 1 heterocycles. The molecule has 0 N–H and O–H groups in total. The first kappa shape index (κ1) is 17.1. The third-order valence-electron chi connectivity index (χ3n) is 4.38. The van der Waals surface area contributed by atoms with Gasteiger partial charge in [0.05, 0.1) is 28.4 Å². The number of nitrogens with zero attached hydrogens (tertiary/aromatic N) is 1. The Bertz CT molecular complexity index is 630. The molecule has 0 aromatic rings. The summed E-state index contributed by atoms with van der Waals surface area (Å²) in [6.45, 7) is 0.874. The minimum atomic E-state index is -1.94. The summed E-state index contributed by atoms with van der Waals surface area (Å²) >= 11 is 37.8. The second-order valence-corrected chi connectivity index (χ2v) is 8.82. The van der Waals surface area contributed by atoms with Crippen molar-refractivity contribution in [2.24, 2.45) is 11.8 Å². The van der Waals surface area contributed by atoms with Crippen LogP contribution in [0.15, 0.2) is 10.1 Å². The molecule has 1 aliphatic heterocycles. The third-order valence-corrected chi connectivity index (χ3v) is 8.64. The molecule has 3 rings (SSSR count). The number of hydrogen-bond donors (Lipinski definition) is 0. The van der Waals surface area contributed by atoms with Crippen LogP contribution in [0, 0.1) is 11.8 Å². The van der Waals surface area contributed by atoms with Crippen molar-refractivity contribution in [2.45, 2.75) is 21.0 Å². The number of amides is 2. The van der Waals surface area contributed by atoms with Crippen LogP contribution in [-0.2, 0) is 14.4 Å². The molecule has 2 bridgehead atoms. The number of imide groups is 1. The number of fused-ring (bicyclic) bond motifs is 5. The van der Waals surface area contributed by atoms with Gasteiger partial charge in [-0.25, -0.2) is 0 Å². The summed E-state index contributed by atoms with van der Waals surface area (Å²) in [5.74, 6) is -4.09. The molecular weight excluding hydrogens is 419 g/mol. The van der Waals surface area contributed by atoms with E-state index in [0.717, 1.165) is 4.90 Å². The highest BCUT2D eigenvalue weighted by molar-refractivity contribution is 6.66. The first-order valence-corrected chi connectivity index (χ1v) is 8.37. The van der Waals surface area contributed by atoms with Gasteiger partial charge in [0, 0.05) is 0 Å². The molecule has 10 heteroatoms. The Morgan fingerprint density at radius 2 is 1.36 bits per heavy atom. The van der Waals surface area contributed by atoms with Gasteiger partial charge in [0.15, 0.2) is 4.33 Å². The van der Waals surface area contributed by atoms with Crippen LogP contribution >= 0.6 is 69.6 Å². The van der Waals surface area contributed by atoms with E-state index >= 15 is 0 Å². The largest absolute Gasteiger partial charge is 0.298 e. The average Bonchev–Trinajstić information content (AvgIpc) is 2.78. The molecule has 2 aliphatic carbocycles. The van der Waals surface area contributed by atoms with E-state index in [0.29, 0.717) is 0 Å². The maximum Gasteiger partial charge on any atom is 0.235 e. The summed E-state index contributed by atoms with van der Waals surface area (Å²) in [6, 6.07) is 0. The maximum absolute atomic E-state index is 12.6. The molecular formula is C12H7Cl6NO3. The Morgan fingerprint density at radius 1 is 1.00 bits per heavy atom. The Hall–Kier alpha value is 0.290. The van der Waals surface area contributed by atoms with Crippen LogP contribution in [0.2, 0.25) is 0 Å². The predicted octanol–water partition coefficient (Wildman–Crippen LogP) is 3.02. The summed E-state index contributed by atoms with van der Waals surface area (Å²) in [7, 11) is 0. The lowest BCUT2D eigenvalue weighted by atomic mass is 9.84. The number of Topliss-reactive ketones (excluding diaryl/α,β-unsaturated/α-hetero) is 1. The molecule has 2 fully saturated rings. The zero-order valence-electron chi connectivity index (χ0n) is 10.8. The summed E-state index contributed by atoms with van der Waals surface area (Å²) in [5, 5.41) is -0.300. The van der Waals surface area contributed by atoms with Crippen LogP contribution in [0.4, 0.5) is 0 Å². The first-order chi connectivity index (χ1) is 9.94. The third kappa shape index (κ3) is 1.53. The maximum atomic E-state index is 12.6. The molecule has 22 heavy (non-hydrogen) atoms. The molecule has 0 unspecified atom stereocenters. The smallest absolute Gasteiger partial charge is 0.235 e. The molecule has 4 atom stereocenters. The number of likely N-dealkylation sites (tertiary alicyclic amines) is 1. The number of rotatable bonds is 2. The van der Waals surface area contributed by atoms with Crippen LogP contribution in [0.1, 0.15) is 6.92 Å². The fourth-order valence-electron chi connectivity index (χ4n) is 3.43. The Morgan fingerprint density at radius 3 is 1.68 bits per heavy atom. The summed E-state index contributed by atoms with van der Waals surface area (Å²) in [4.78, 5) is 33.6. The number of hydrogen-bond acceptors (Lipinski definition) is 3. The SMILES string of the molecule is CC(=O)CN1C(=O)[C@@H]2[C@H](C1=O)[C@@]1(Cl)C(Cl)=C(Cl)[C@@]2(Cl)C1(Cl)Cl. The lowest BCUT2D eigenvalue weighted by Crippen LogP contribution is -2.50. The highest BCUT2D eigenvalue weighted by Crippen LogP contribution is 2.77. The molecule has 0 spiro atoms. The first-order valence-electron chi connectivity index (χ1n) is 6.10. The van der Waals surface area contributed by atoms with Gasteiger partial charge in [-0.15, -0.1) is 23.2 Å². The summed E-state index contributed by atoms with van der Waals surface area (Å²) in [6.07, 6.45) is 0. The summed E-state index contributed by atoms with van der Waals surface area (Å²) < 4.78 is -1.94. The van der Waals surface area contributed by atoms with Crippen molar-refractivity contribution in [3.8, 4) is 0 Å². The number of carbonyl (C=O) groups excluding carboxylic acids is 3. The molecule has 2 amide bonds. The van der Waals surface area contributed by atoms with Crippen molar-refractivity contribution in [3.63, 3.8) is 0 Å². The van der Waals surface area contributed by atoms with Gasteiger partial charge in [0.2, 0.25) is 11.8 Å². The van der Waals surface area contributed by atoms with Crippen molar-refractivity contribution in [3.05, 3.63) is 10.1 Å². The van der Waals surface area contributed by atoms with E-state index in [1.165, 1.54) is 6.92 Å². The second-order valence-electron chi connectivity index (χ2n) is 5.55. The lowest BCUT2D eigenvalue weighted by molar-refractivity contribution is -0.143. The number of ketones is 1. The predicted molar refractivity (Wildman–Crippen MR) is 84.7 cm³/mol. The fourth-order valence-corrected chi connectivity index (χ4v) is 6.36. The molecule has 0 aromatic heterocycles. The van der Waals surface area contributed by atoms with Crippen LogP contribution in [0.5, 0.6) is 0 Å². The van der Waals surface area contributed by atoms with Crippen molar-refractivity contribution in [2.75, 3.05) is 6.54 Å². The number of carbonyl (C=O) groups is 3. The van der Waals surface area contributed by atoms with Gasteiger partial charge >= 0.3 is 0 Å². The van der Waals surface area contributed by atoms with Crippen LogP contribution < -0.4 is 0 Å². The second kappa shape index (κ2) is 4.68. The van der Waals surface area contributed by atoms with Gasteiger partial charge in [-0.2, -0.15) is 0 Å². The van der Waals surface area contributed by atoms with Crippen LogP contribution in [0.25, 0.3) is 0 Å². The van der Waals surface area contributed by atoms with Crippen molar-refractivity contribution < 1.29 is 14.4 Å². The van der Waals surface area contributed by atoms with Crippen molar-refractivity contribution in [1.82, 2.24) is 4.90 Å². The highest BCUT2D eigenvalue weighted by atomic mass is 35.5. The molecule has 4 nitrogen and oxygen atoms in total. The molecule has 1 saturated carbocycles. The zero-order chi connectivity index (χ0) is 16.8. The Balaban J connectivity index is 2.21.